The quantitative estimate of drug-likeness (QED) is 0.711. The van der Waals surface area contributed by atoms with Crippen LogP contribution in [0.25, 0.3) is 0 Å². The Morgan fingerprint density at radius 3 is 2.79 bits per heavy atom. The largest absolute Gasteiger partial charge is 0.317 e. The zero-order chi connectivity index (χ0) is 10.6. The molecule has 1 N–H and O–H groups in total. The molecule has 4 heteroatoms. The zero-order valence-electron chi connectivity index (χ0n) is 8.91. The van der Waals surface area contributed by atoms with Gasteiger partial charge in [0.1, 0.15) is 11.6 Å². The van der Waals surface area contributed by atoms with Crippen molar-refractivity contribution in [3.05, 3.63) is 11.6 Å². The van der Waals surface area contributed by atoms with E-state index in [1.165, 1.54) is 0 Å². The van der Waals surface area contributed by atoms with Crippen LogP contribution in [0.1, 0.15) is 25.0 Å². The number of terminal acetylenes is 1. The average molecular weight is 192 g/mol. The van der Waals surface area contributed by atoms with Crippen molar-refractivity contribution in [1.82, 2.24) is 20.1 Å². The molecule has 0 saturated heterocycles. The molecular formula is C10H16N4. The van der Waals surface area contributed by atoms with Crippen LogP contribution in [0.3, 0.4) is 0 Å². The Kier molecular flexibility index (Phi) is 3.66. The second-order valence-electron chi connectivity index (χ2n) is 3.41. The number of nitrogens with zero attached hydrogens (tertiary/aromatic N) is 3. The Labute approximate surface area is 84.7 Å². The van der Waals surface area contributed by atoms with Crippen molar-refractivity contribution in [3.8, 4) is 12.3 Å². The molecule has 0 saturated carbocycles. The van der Waals surface area contributed by atoms with Crippen LogP contribution < -0.4 is 5.32 Å². The molecule has 0 aromatic carbocycles. The SMILES string of the molecule is C#CCC(C)NCc1nnc(C)n1C. The lowest BCUT2D eigenvalue weighted by molar-refractivity contribution is 0.535. The summed E-state index contributed by atoms with van der Waals surface area (Å²) >= 11 is 0. The molecule has 0 bridgehead atoms. The highest BCUT2D eigenvalue weighted by atomic mass is 15.3. The molecule has 1 aromatic rings. The molecule has 0 amide bonds. The molecule has 1 unspecified atom stereocenters. The van der Waals surface area contributed by atoms with E-state index < -0.39 is 0 Å². The fraction of sp³-hybridized carbons (Fsp3) is 0.600. The van der Waals surface area contributed by atoms with E-state index in [9.17, 15) is 0 Å². The van der Waals surface area contributed by atoms with Gasteiger partial charge in [-0.3, -0.25) is 0 Å². The van der Waals surface area contributed by atoms with Crippen LogP contribution in [-0.4, -0.2) is 20.8 Å². The molecule has 76 valence electrons. The van der Waals surface area contributed by atoms with Crippen LogP contribution in [0.5, 0.6) is 0 Å². The number of hydrogen-bond acceptors (Lipinski definition) is 3. The Balaban J connectivity index is 2.46. The van der Waals surface area contributed by atoms with Crippen LogP contribution in [0, 0.1) is 19.3 Å². The lowest BCUT2D eigenvalue weighted by Gasteiger charge is -2.09. The molecule has 0 spiro atoms. The molecule has 0 radical (unpaired) electrons. The summed E-state index contributed by atoms with van der Waals surface area (Å²) in [4.78, 5) is 0. The van der Waals surface area contributed by atoms with Gasteiger partial charge in [0.25, 0.3) is 0 Å². The van der Waals surface area contributed by atoms with Gasteiger partial charge in [0.15, 0.2) is 0 Å². The van der Waals surface area contributed by atoms with E-state index in [1.54, 1.807) is 0 Å². The first kappa shape index (κ1) is 10.7. The standard InChI is InChI=1S/C10H16N4/c1-5-6-8(2)11-7-10-13-12-9(3)14(10)4/h1,8,11H,6-7H2,2-4H3. The van der Waals surface area contributed by atoms with Crippen molar-refractivity contribution in [2.24, 2.45) is 7.05 Å². The highest BCUT2D eigenvalue weighted by Gasteiger charge is 2.05. The number of rotatable bonds is 4. The van der Waals surface area contributed by atoms with Crippen LogP contribution in [0.4, 0.5) is 0 Å². The van der Waals surface area contributed by atoms with Crippen LogP contribution in [-0.2, 0) is 13.6 Å². The summed E-state index contributed by atoms with van der Waals surface area (Å²) in [5.74, 6) is 4.48. The van der Waals surface area contributed by atoms with E-state index >= 15 is 0 Å². The summed E-state index contributed by atoms with van der Waals surface area (Å²) in [6.07, 6.45) is 5.94. The average Bonchev–Trinajstić information content (AvgIpc) is 2.46. The molecule has 1 atom stereocenters. The van der Waals surface area contributed by atoms with Crippen LogP contribution in [0.15, 0.2) is 0 Å². The second kappa shape index (κ2) is 4.77. The number of hydrogen-bond donors (Lipinski definition) is 1. The predicted molar refractivity (Wildman–Crippen MR) is 55.5 cm³/mol. The predicted octanol–water partition coefficient (Wildman–Crippen LogP) is 0.625. The Morgan fingerprint density at radius 2 is 2.29 bits per heavy atom. The van der Waals surface area contributed by atoms with Crippen molar-refractivity contribution in [2.45, 2.75) is 32.9 Å². The fourth-order valence-corrected chi connectivity index (χ4v) is 1.12. The van der Waals surface area contributed by atoms with E-state index in [0.717, 1.165) is 18.1 Å². The first-order chi connectivity index (χ1) is 6.65. The van der Waals surface area contributed by atoms with E-state index in [-0.39, 0.29) is 0 Å². The normalized spacial score (nSPS) is 12.4. The first-order valence-electron chi connectivity index (χ1n) is 4.67. The van der Waals surface area contributed by atoms with Gasteiger partial charge in [0.05, 0.1) is 6.54 Å². The van der Waals surface area contributed by atoms with Gasteiger partial charge in [-0.1, -0.05) is 0 Å². The summed E-state index contributed by atoms with van der Waals surface area (Å²) in [7, 11) is 1.96. The molecule has 0 aliphatic heterocycles. The fourth-order valence-electron chi connectivity index (χ4n) is 1.12. The van der Waals surface area contributed by atoms with Gasteiger partial charge < -0.3 is 9.88 Å². The van der Waals surface area contributed by atoms with Crippen LogP contribution >= 0.6 is 0 Å². The second-order valence-corrected chi connectivity index (χ2v) is 3.41. The Morgan fingerprint density at radius 1 is 1.57 bits per heavy atom. The summed E-state index contributed by atoms with van der Waals surface area (Å²) in [6, 6.07) is 0.317. The lowest BCUT2D eigenvalue weighted by Crippen LogP contribution is -2.26. The Hall–Kier alpha value is -1.34. The molecule has 1 rings (SSSR count). The minimum atomic E-state index is 0.317. The maximum Gasteiger partial charge on any atom is 0.146 e. The smallest absolute Gasteiger partial charge is 0.146 e. The molecule has 14 heavy (non-hydrogen) atoms. The number of aromatic nitrogens is 3. The van der Waals surface area contributed by atoms with E-state index in [2.05, 4.69) is 28.4 Å². The summed E-state index contributed by atoms with van der Waals surface area (Å²) in [6.45, 7) is 4.70. The molecule has 1 heterocycles. The van der Waals surface area contributed by atoms with Gasteiger partial charge in [0, 0.05) is 19.5 Å². The minimum absolute atomic E-state index is 0.317. The van der Waals surface area contributed by atoms with Crippen molar-refractivity contribution < 1.29 is 0 Å². The van der Waals surface area contributed by atoms with Gasteiger partial charge >= 0.3 is 0 Å². The molecule has 4 nitrogen and oxygen atoms in total. The topological polar surface area (TPSA) is 42.7 Å². The summed E-state index contributed by atoms with van der Waals surface area (Å²) in [5.41, 5.74) is 0. The van der Waals surface area contributed by atoms with E-state index in [0.29, 0.717) is 12.6 Å². The van der Waals surface area contributed by atoms with Crippen molar-refractivity contribution in [3.63, 3.8) is 0 Å². The lowest BCUT2D eigenvalue weighted by atomic mass is 10.2. The highest BCUT2D eigenvalue weighted by Crippen LogP contribution is 1.98. The third-order valence-electron chi connectivity index (χ3n) is 2.22. The maximum atomic E-state index is 5.21. The van der Waals surface area contributed by atoms with Crippen molar-refractivity contribution in [1.29, 1.82) is 0 Å². The molecular weight excluding hydrogens is 176 g/mol. The highest BCUT2D eigenvalue weighted by molar-refractivity contribution is 4.93. The van der Waals surface area contributed by atoms with Gasteiger partial charge in [-0.15, -0.1) is 22.5 Å². The first-order valence-corrected chi connectivity index (χ1v) is 4.67. The monoisotopic (exact) mass is 192 g/mol. The molecule has 0 fully saturated rings. The zero-order valence-corrected chi connectivity index (χ0v) is 8.91. The van der Waals surface area contributed by atoms with Gasteiger partial charge in [0.2, 0.25) is 0 Å². The number of aryl methyl sites for hydroxylation is 1. The van der Waals surface area contributed by atoms with Crippen LogP contribution in [0.2, 0.25) is 0 Å². The third-order valence-corrected chi connectivity index (χ3v) is 2.22. The Bertz CT molecular complexity index is 334. The third kappa shape index (κ3) is 2.57. The summed E-state index contributed by atoms with van der Waals surface area (Å²) < 4.78 is 1.97. The van der Waals surface area contributed by atoms with Gasteiger partial charge in [-0.25, -0.2) is 0 Å². The minimum Gasteiger partial charge on any atom is -0.317 e. The van der Waals surface area contributed by atoms with Crippen molar-refractivity contribution in [2.75, 3.05) is 0 Å². The summed E-state index contributed by atoms with van der Waals surface area (Å²) in [5, 5.41) is 11.3. The van der Waals surface area contributed by atoms with Gasteiger partial charge in [-0.05, 0) is 13.8 Å². The van der Waals surface area contributed by atoms with E-state index in [1.807, 2.05) is 18.5 Å². The van der Waals surface area contributed by atoms with Crippen molar-refractivity contribution >= 4 is 0 Å². The van der Waals surface area contributed by atoms with Gasteiger partial charge in [-0.2, -0.15) is 0 Å². The number of nitrogens with one attached hydrogen (secondary N) is 1. The molecule has 0 aliphatic carbocycles. The molecule has 0 aliphatic rings. The van der Waals surface area contributed by atoms with E-state index in [4.69, 9.17) is 6.42 Å². The maximum absolute atomic E-state index is 5.21. The molecule has 1 aromatic heterocycles.